The molecule has 0 bridgehead atoms. The van der Waals surface area contributed by atoms with Gasteiger partial charge in [0, 0.05) is 122 Å². The van der Waals surface area contributed by atoms with Gasteiger partial charge in [0.2, 0.25) is 17.7 Å². The van der Waals surface area contributed by atoms with Crippen LogP contribution in [-0.2, 0) is 19.1 Å². The standard InChI is InChI=1S/C19H18ClF3N6O2.C18H18ClF3N6O.C17H19ClN6O.5H2/c1-31-11-5-14(18(30)27-9-19(21,22)23)29(8-11)15-2-3-24-17(28-15)13-7-26-16-12(13)4-10(20)6-25-16;1-3-17(2,16(29)26-9-18(20,21)22)28-13-4-5-23-15(27-13)12-8-25-14-11(12)6-10(19)7-24-14;1-4-19-16(25)17(2,3)24-13-5-6-20-15(23-13)12-9-22-14-11(12)7-10(18)8-21-14;;;;;/h2-4,6-7,11,14H,5,8-9H2,1H3,(H,25,26)(H,27,30);4-8H,3,9H2,1-2H3,(H,24,25)(H,26,29)(H,23,27,28);5-9H,4H2,1-3H3,(H,19,25)(H,21,22)(H,20,23,24);5*1H/t11?,14-;17-;;;;;;/m00....../s1. The molecule has 1 fully saturated rings. The van der Waals surface area contributed by atoms with Crippen molar-refractivity contribution in [3.05, 3.63) is 107 Å². The average Bonchev–Trinajstić information content (AvgIpc) is 1.78. The summed E-state index contributed by atoms with van der Waals surface area (Å²) in [5.41, 5.74) is 1.95. The zero-order valence-corrected chi connectivity index (χ0v) is 48.3. The predicted octanol–water partition coefficient (Wildman–Crippen LogP) is 11.1. The number of alkyl halides is 6. The molecule has 1 saturated heterocycles. The summed E-state index contributed by atoms with van der Waals surface area (Å²) in [6, 6.07) is 9.28. The third kappa shape index (κ3) is 15.7. The van der Waals surface area contributed by atoms with Gasteiger partial charge < -0.3 is 51.2 Å². The number of nitrogens with zero attached hydrogens (tertiary/aromatic N) is 10. The number of carbonyl (C=O) groups excluding carboxylic acids is 3. The van der Waals surface area contributed by atoms with E-state index in [1.807, 2.05) is 23.6 Å². The number of methoxy groups -OCH3 is 1. The first-order valence-electron chi connectivity index (χ1n) is 26.0. The van der Waals surface area contributed by atoms with Crippen molar-refractivity contribution in [2.24, 2.45) is 0 Å². The van der Waals surface area contributed by atoms with E-state index < -0.39 is 54.4 Å². The molecular formula is C54H65Cl3F6N18O4. The van der Waals surface area contributed by atoms with Crippen LogP contribution in [0.5, 0.6) is 0 Å². The van der Waals surface area contributed by atoms with Gasteiger partial charge in [0.25, 0.3) is 0 Å². The number of likely N-dealkylation sites (N-methyl/N-ethyl adjacent to an activating group) is 1. The topological polar surface area (TPSA) is 287 Å². The van der Waals surface area contributed by atoms with Crippen LogP contribution in [0.3, 0.4) is 0 Å². The number of rotatable bonds is 16. The normalized spacial score (nSPS) is 15.1. The Morgan fingerprint density at radius 1 is 0.635 bits per heavy atom. The van der Waals surface area contributed by atoms with E-state index in [2.05, 4.69) is 75.8 Å². The maximum atomic E-state index is 12.5. The Kier molecular flexibility index (Phi) is 19.3. The first kappa shape index (κ1) is 62.6. The van der Waals surface area contributed by atoms with Crippen molar-refractivity contribution in [1.29, 1.82) is 0 Å². The molecule has 9 aromatic heterocycles. The fraction of sp³-hybridized carbons (Fsp3) is 0.333. The lowest BCUT2D eigenvalue weighted by Crippen LogP contribution is -2.52. The van der Waals surface area contributed by atoms with Crippen molar-refractivity contribution in [2.45, 2.75) is 83.0 Å². The molecule has 1 unspecified atom stereocenters. The number of hydrogen-bond acceptors (Lipinski definition) is 16. The fourth-order valence-corrected chi connectivity index (χ4v) is 9.21. The highest BCUT2D eigenvalue weighted by atomic mass is 35.5. The van der Waals surface area contributed by atoms with Gasteiger partial charge in [-0.3, -0.25) is 14.4 Å². The third-order valence-corrected chi connectivity index (χ3v) is 13.9. The summed E-state index contributed by atoms with van der Waals surface area (Å²) in [6.07, 6.45) is 5.62. The second kappa shape index (κ2) is 26.2. The van der Waals surface area contributed by atoms with E-state index in [9.17, 15) is 40.7 Å². The van der Waals surface area contributed by atoms with Crippen LogP contribution in [0.4, 0.5) is 43.8 Å². The number of fused-ring (bicyclic) bond motifs is 3. The summed E-state index contributed by atoms with van der Waals surface area (Å²) < 4.78 is 80.3. The van der Waals surface area contributed by atoms with Gasteiger partial charge >= 0.3 is 12.4 Å². The molecule has 9 aromatic rings. The van der Waals surface area contributed by atoms with Crippen molar-refractivity contribution in [2.75, 3.05) is 48.8 Å². The van der Waals surface area contributed by atoms with Gasteiger partial charge in [-0.05, 0) is 70.5 Å². The second-order valence-electron chi connectivity index (χ2n) is 19.8. The Morgan fingerprint density at radius 3 is 1.53 bits per heavy atom. The minimum atomic E-state index is -4.49. The zero-order chi connectivity index (χ0) is 61.4. The quantitative estimate of drug-likeness (QED) is 0.0417. The van der Waals surface area contributed by atoms with Crippen LogP contribution in [0.2, 0.25) is 15.1 Å². The van der Waals surface area contributed by atoms with Gasteiger partial charge in [-0.1, -0.05) is 41.7 Å². The summed E-state index contributed by atoms with van der Waals surface area (Å²) in [6.45, 7) is 6.76. The summed E-state index contributed by atoms with van der Waals surface area (Å²) in [4.78, 5) is 86.7. The van der Waals surface area contributed by atoms with Gasteiger partial charge in [-0.25, -0.2) is 44.9 Å². The minimum Gasteiger partial charge on any atom is -0.380 e. The Hall–Kier alpha value is -8.47. The maximum absolute atomic E-state index is 12.5. The molecule has 0 saturated carbocycles. The number of ether oxygens (including phenoxy) is 1. The number of nitrogens with one attached hydrogen (secondary N) is 8. The summed E-state index contributed by atoms with van der Waals surface area (Å²) in [5.74, 6) is 0.881. The van der Waals surface area contributed by atoms with Crippen LogP contribution < -0.4 is 31.5 Å². The predicted molar refractivity (Wildman–Crippen MR) is 320 cm³/mol. The van der Waals surface area contributed by atoms with E-state index in [4.69, 9.17) is 39.5 Å². The van der Waals surface area contributed by atoms with E-state index in [1.54, 1.807) is 80.9 Å². The van der Waals surface area contributed by atoms with Crippen LogP contribution in [-0.4, -0.2) is 146 Å². The molecule has 31 heteroatoms. The molecule has 10 rings (SSSR count). The van der Waals surface area contributed by atoms with E-state index >= 15 is 0 Å². The Balaban J connectivity index is 0.000000345. The third-order valence-electron chi connectivity index (χ3n) is 13.2. The van der Waals surface area contributed by atoms with Crippen LogP contribution >= 0.6 is 34.8 Å². The number of hydrogen-bond donors (Lipinski definition) is 8. The summed E-state index contributed by atoms with van der Waals surface area (Å²) >= 11 is 18.1. The van der Waals surface area contributed by atoms with E-state index in [-0.39, 0.29) is 32.0 Å². The number of anilines is 3. The number of carbonyl (C=O) groups is 3. The molecule has 22 nitrogen and oxygen atoms in total. The van der Waals surface area contributed by atoms with Gasteiger partial charge in [0.1, 0.15) is 64.6 Å². The van der Waals surface area contributed by atoms with Crippen molar-refractivity contribution in [1.82, 2.24) is 75.8 Å². The molecule has 10 heterocycles. The summed E-state index contributed by atoms with van der Waals surface area (Å²) in [7, 11) is 1.49. The highest BCUT2D eigenvalue weighted by Crippen LogP contribution is 2.33. The molecular weight excluding hydrogens is 1190 g/mol. The van der Waals surface area contributed by atoms with Gasteiger partial charge in [0.15, 0.2) is 17.5 Å². The fourth-order valence-electron chi connectivity index (χ4n) is 8.74. The molecule has 458 valence electrons. The lowest BCUT2D eigenvalue weighted by atomic mass is 9.97. The molecule has 85 heavy (non-hydrogen) atoms. The molecule has 0 radical (unpaired) electrons. The molecule has 3 atom stereocenters. The molecule has 0 spiro atoms. The minimum absolute atomic E-state index is 0. The molecule has 1 aliphatic heterocycles. The van der Waals surface area contributed by atoms with E-state index in [0.717, 1.165) is 21.7 Å². The SMILES string of the molecule is CCNC(=O)C(C)(C)Nc1ccnc(-c2c[nH]c3ncc(Cl)cc23)n1.CC[C@](C)(Nc1ccnc(-c2c[nH]c3ncc(Cl)cc23)n1)C(=O)NCC(F)(F)F.COC1C[C@@H](C(=O)NCC(F)(F)F)N(c2ccnc(-c3c[nH]c4ncc(Cl)cc34)n2)C1.[HH].[HH].[HH].[HH].[HH]. The number of pyridine rings is 3. The number of aromatic amines is 3. The average molecular weight is 1250 g/mol. The van der Waals surface area contributed by atoms with Crippen molar-refractivity contribution >= 4 is 103 Å². The largest absolute Gasteiger partial charge is 0.405 e. The number of aromatic nitrogens is 12. The Labute approximate surface area is 502 Å². The van der Waals surface area contributed by atoms with Crippen molar-refractivity contribution in [3.63, 3.8) is 0 Å². The molecule has 1 aliphatic rings. The maximum Gasteiger partial charge on any atom is 0.405 e. The molecule has 0 aromatic carbocycles. The molecule has 3 amide bonds. The van der Waals surface area contributed by atoms with Crippen molar-refractivity contribution < 1.29 is 52.6 Å². The Bertz CT molecular complexity index is 3870. The first-order valence-corrected chi connectivity index (χ1v) is 27.1. The van der Waals surface area contributed by atoms with Crippen LogP contribution in [0, 0.1) is 0 Å². The van der Waals surface area contributed by atoms with E-state index in [0.29, 0.717) is 91.2 Å². The van der Waals surface area contributed by atoms with Crippen LogP contribution in [0.25, 0.3) is 67.3 Å². The number of H-pyrrole nitrogens is 3. The van der Waals surface area contributed by atoms with Crippen LogP contribution in [0.15, 0.2) is 92.2 Å². The molecule has 8 N–H and O–H groups in total. The van der Waals surface area contributed by atoms with Gasteiger partial charge in [-0.2, -0.15) is 26.3 Å². The summed E-state index contributed by atoms with van der Waals surface area (Å²) in [5, 5.41) is 16.5. The highest BCUT2D eigenvalue weighted by Gasteiger charge is 2.40. The molecule has 0 aliphatic carbocycles. The second-order valence-corrected chi connectivity index (χ2v) is 21.1. The van der Waals surface area contributed by atoms with Gasteiger partial charge in [-0.15, -0.1) is 0 Å². The number of amides is 3. The first-order chi connectivity index (χ1) is 40.3. The highest BCUT2D eigenvalue weighted by molar-refractivity contribution is 6.32. The van der Waals surface area contributed by atoms with Gasteiger partial charge in [0.05, 0.1) is 21.2 Å². The van der Waals surface area contributed by atoms with E-state index in [1.165, 1.54) is 44.9 Å². The Morgan fingerprint density at radius 2 is 1.08 bits per heavy atom. The van der Waals surface area contributed by atoms with Crippen LogP contribution in [0.1, 0.15) is 54.6 Å². The lowest BCUT2D eigenvalue weighted by molar-refractivity contribution is -0.140. The smallest absolute Gasteiger partial charge is 0.380 e. The monoisotopic (exact) mass is 1250 g/mol. The van der Waals surface area contributed by atoms with Crippen molar-refractivity contribution in [3.8, 4) is 34.2 Å². The lowest BCUT2D eigenvalue weighted by Gasteiger charge is -2.29. The number of halogens is 9. The zero-order valence-electron chi connectivity index (χ0n) is 46.1.